The van der Waals surface area contributed by atoms with Crippen LogP contribution in [0.1, 0.15) is 49.8 Å². The second-order valence-corrected chi connectivity index (χ2v) is 9.49. The van der Waals surface area contributed by atoms with Gasteiger partial charge >= 0.3 is 0 Å². The van der Waals surface area contributed by atoms with Gasteiger partial charge < -0.3 is 14.7 Å². The number of benzene rings is 1. The number of nitrogens with zero attached hydrogens (tertiary/aromatic N) is 4. The van der Waals surface area contributed by atoms with Gasteiger partial charge in [0.2, 0.25) is 0 Å². The molecule has 0 spiro atoms. The molecule has 1 atom stereocenters. The molecule has 1 unspecified atom stereocenters. The molecule has 2 aromatic rings. The van der Waals surface area contributed by atoms with Gasteiger partial charge in [0, 0.05) is 48.8 Å². The summed E-state index contributed by atoms with van der Waals surface area (Å²) in [6.07, 6.45) is 6.87. The lowest BCUT2D eigenvalue weighted by molar-refractivity contribution is 0.195. The molecular weight excluding hydrogens is 408 g/mol. The average molecular weight is 443 g/mol. The number of hydrogen-bond acceptors (Lipinski definition) is 7. The molecule has 6 nitrogen and oxygen atoms in total. The highest BCUT2D eigenvalue weighted by Crippen LogP contribution is 2.33. The van der Waals surface area contributed by atoms with Crippen molar-refractivity contribution in [2.45, 2.75) is 50.2 Å². The molecule has 2 aliphatic rings. The van der Waals surface area contributed by atoms with Crippen LogP contribution in [0.15, 0.2) is 35.6 Å². The molecule has 1 aromatic heterocycles. The summed E-state index contributed by atoms with van der Waals surface area (Å²) >= 11 is 1.77. The maximum Gasteiger partial charge on any atom is 0.187 e. The number of aromatic hydroxyl groups is 1. The largest absolute Gasteiger partial charge is 0.504 e. The Morgan fingerprint density at radius 2 is 1.97 bits per heavy atom. The predicted octanol–water partition coefficient (Wildman–Crippen LogP) is 4.15. The van der Waals surface area contributed by atoms with Gasteiger partial charge in [0.25, 0.3) is 0 Å². The zero-order valence-electron chi connectivity index (χ0n) is 18.5. The maximum absolute atomic E-state index is 10.6. The summed E-state index contributed by atoms with van der Waals surface area (Å²) in [5, 5.41) is 11.5. The van der Waals surface area contributed by atoms with E-state index in [9.17, 15) is 5.11 Å². The Kier molecular flexibility index (Phi) is 8.05. The van der Waals surface area contributed by atoms with Crippen LogP contribution in [0.3, 0.4) is 0 Å². The number of likely N-dealkylation sites (tertiary alicyclic amines) is 2. The van der Waals surface area contributed by atoms with Crippen molar-refractivity contribution in [2.75, 3.05) is 45.1 Å². The molecule has 31 heavy (non-hydrogen) atoms. The van der Waals surface area contributed by atoms with E-state index in [0.717, 1.165) is 61.2 Å². The van der Waals surface area contributed by atoms with Gasteiger partial charge in [-0.25, -0.2) is 9.97 Å². The SMILES string of the molecule is CCOc1cccc(CN2CCCC(c3ccnc(SCCN4CCCC4)n3)C2)c1O. The van der Waals surface area contributed by atoms with Crippen molar-refractivity contribution in [1.29, 1.82) is 0 Å². The van der Waals surface area contributed by atoms with Crippen LogP contribution in [-0.4, -0.2) is 70.0 Å². The second kappa shape index (κ2) is 11.2. The third kappa shape index (κ3) is 6.11. The minimum atomic E-state index is 0.269. The standard InChI is InChI=1S/C24H34N4O2S/c1-2-30-22-9-5-7-20(23(22)29)18-28-14-6-8-19(17-28)21-10-11-25-24(26-21)31-16-15-27-12-3-4-13-27/h5,7,9-11,19,29H,2-4,6,8,12-18H2,1H3. The Morgan fingerprint density at radius 1 is 1.13 bits per heavy atom. The van der Waals surface area contributed by atoms with E-state index in [0.29, 0.717) is 18.3 Å². The van der Waals surface area contributed by atoms with Gasteiger partial charge in [-0.1, -0.05) is 23.9 Å². The molecule has 1 aromatic carbocycles. The summed E-state index contributed by atoms with van der Waals surface area (Å²) in [5.41, 5.74) is 2.07. The number of ether oxygens (including phenoxy) is 1. The number of rotatable bonds is 9. The molecule has 0 bridgehead atoms. The van der Waals surface area contributed by atoms with Crippen molar-refractivity contribution < 1.29 is 9.84 Å². The first kappa shape index (κ1) is 22.4. The Hall–Kier alpha value is -1.83. The van der Waals surface area contributed by atoms with E-state index in [1.54, 1.807) is 11.8 Å². The number of hydrogen-bond donors (Lipinski definition) is 1. The van der Waals surface area contributed by atoms with Crippen molar-refractivity contribution in [3.63, 3.8) is 0 Å². The molecule has 0 radical (unpaired) electrons. The van der Waals surface area contributed by atoms with Crippen LogP contribution >= 0.6 is 11.8 Å². The number of piperidine rings is 1. The Morgan fingerprint density at radius 3 is 2.81 bits per heavy atom. The minimum Gasteiger partial charge on any atom is -0.504 e. The lowest BCUT2D eigenvalue weighted by atomic mass is 9.94. The Balaban J connectivity index is 1.34. The lowest BCUT2D eigenvalue weighted by Gasteiger charge is -2.32. The summed E-state index contributed by atoms with van der Waals surface area (Å²) in [7, 11) is 0. The van der Waals surface area contributed by atoms with E-state index in [4.69, 9.17) is 9.72 Å². The van der Waals surface area contributed by atoms with E-state index < -0.39 is 0 Å². The molecule has 4 rings (SSSR count). The van der Waals surface area contributed by atoms with Gasteiger partial charge in [0.1, 0.15) is 0 Å². The smallest absolute Gasteiger partial charge is 0.187 e. The van der Waals surface area contributed by atoms with Gasteiger partial charge in [-0.2, -0.15) is 0 Å². The van der Waals surface area contributed by atoms with Crippen LogP contribution in [0.5, 0.6) is 11.5 Å². The molecule has 2 saturated heterocycles. The van der Waals surface area contributed by atoms with Crippen molar-refractivity contribution in [2.24, 2.45) is 0 Å². The number of phenolic OH excluding ortho intramolecular Hbond substituents is 1. The van der Waals surface area contributed by atoms with Crippen molar-refractivity contribution in [1.82, 2.24) is 19.8 Å². The zero-order chi connectivity index (χ0) is 21.5. The molecule has 0 saturated carbocycles. The fraction of sp³-hybridized carbons (Fsp3) is 0.583. The topological polar surface area (TPSA) is 61.7 Å². The summed E-state index contributed by atoms with van der Waals surface area (Å²) in [4.78, 5) is 14.3. The molecule has 2 aliphatic heterocycles. The summed E-state index contributed by atoms with van der Waals surface area (Å²) in [5.74, 6) is 2.30. The first-order chi connectivity index (χ1) is 15.2. The highest BCUT2D eigenvalue weighted by Gasteiger charge is 2.24. The van der Waals surface area contributed by atoms with Gasteiger partial charge in [-0.3, -0.25) is 4.90 Å². The number of thioether (sulfide) groups is 1. The monoisotopic (exact) mass is 442 g/mol. The van der Waals surface area contributed by atoms with Crippen LogP contribution in [-0.2, 0) is 6.54 Å². The minimum absolute atomic E-state index is 0.269. The summed E-state index contributed by atoms with van der Waals surface area (Å²) < 4.78 is 5.54. The first-order valence-corrected chi connectivity index (χ1v) is 12.6. The van der Waals surface area contributed by atoms with Crippen molar-refractivity contribution >= 4 is 11.8 Å². The Bertz CT molecular complexity index is 844. The van der Waals surface area contributed by atoms with E-state index in [1.807, 2.05) is 31.3 Å². The van der Waals surface area contributed by atoms with E-state index in [1.165, 1.54) is 25.9 Å². The van der Waals surface area contributed by atoms with Crippen LogP contribution in [0.2, 0.25) is 0 Å². The molecule has 3 heterocycles. The van der Waals surface area contributed by atoms with E-state index in [-0.39, 0.29) is 5.75 Å². The molecule has 0 amide bonds. The number of aromatic nitrogens is 2. The molecule has 2 fully saturated rings. The van der Waals surface area contributed by atoms with Crippen molar-refractivity contribution in [3.05, 3.63) is 41.7 Å². The van der Waals surface area contributed by atoms with E-state index in [2.05, 4.69) is 20.9 Å². The van der Waals surface area contributed by atoms with Crippen LogP contribution in [0.25, 0.3) is 0 Å². The quantitative estimate of drug-likeness (QED) is 0.462. The third-order valence-corrected chi connectivity index (χ3v) is 7.03. The van der Waals surface area contributed by atoms with Gasteiger partial charge in [0.05, 0.1) is 6.61 Å². The Labute approximate surface area is 190 Å². The van der Waals surface area contributed by atoms with Gasteiger partial charge in [0.15, 0.2) is 16.7 Å². The number of para-hydroxylation sites is 1. The van der Waals surface area contributed by atoms with Crippen LogP contribution in [0, 0.1) is 0 Å². The second-order valence-electron chi connectivity index (χ2n) is 8.43. The maximum atomic E-state index is 10.6. The van der Waals surface area contributed by atoms with Crippen molar-refractivity contribution in [3.8, 4) is 11.5 Å². The molecular formula is C24H34N4O2S. The fourth-order valence-electron chi connectivity index (χ4n) is 4.57. The predicted molar refractivity (Wildman–Crippen MR) is 125 cm³/mol. The third-order valence-electron chi connectivity index (χ3n) is 6.19. The van der Waals surface area contributed by atoms with Gasteiger partial charge in [-0.05, 0) is 64.4 Å². The highest BCUT2D eigenvalue weighted by molar-refractivity contribution is 7.99. The summed E-state index contributed by atoms with van der Waals surface area (Å²) in [6.45, 7) is 8.80. The fourth-order valence-corrected chi connectivity index (χ4v) is 5.41. The highest BCUT2D eigenvalue weighted by atomic mass is 32.2. The first-order valence-electron chi connectivity index (χ1n) is 11.6. The number of phenols is 1. The van der Waals surface area contributed by atoms with Crippen LogP contribution < -0.4 is 4.74 Å². The normalized spacial score (nSPS) is 20.2. The van der Waals surface area contributed by atoms with Gasteiger partial charge in [-0.15, -0.1) is 0 Å². The molecule has 0 aliphatic carbocycles. The summed E-state index contributed by atoms with van der Waals surface area (Å²) in [6, 6.07) is 7.84. The average Bonchev–Trinajstić information content (AvgIpc) is 3.31. The van der Waals surface area contributed by atoms with Crippen LogP contribution in [0.4, 0.5) is 0 Å². The molecule has 1 N–H and O–H groups in total. The molecule has 168 valence electrons. The van der Waals surface area contributed by atoms with E-state index >= 15 is 0 Å². The lowest BCUT2D eigenvalue weighted by Crippen LogP contribution is -2.34. The molecule has 7 heteroatoms. The zero-order valence-corrected chi connectivity index (χ0v) is 19.3.